The van der Waals surface area contributed by atoms with Crippen molar-refractivity contribution >= 4 is 17.2 Å². The van der Waals surface area contributed by atoms with Gasteiger partial charge in [-0.15, -0.1) is 11.3 Å². The second kappa shape index (κ2) is 13.7. The number of rotatable bonds is 14. The van der Waals surface area contributed by atoms with Crippen molar-refractivity contribution in [1.82, 2.24) is 20.7 Å². The fourth-order valence-corrected chi connectivity index (χ4v) is 4.86. The minimum Gasteiger partial charge on any atom is -0.493 e. The SMILES string of the molecule is CCN(CC)C(C)Oc1ccc(-c2ccc(C(=O)NCCNN(C(C)C)C(C)C)s2)cc1OC. The highest BCUT2D eigenvalue weighted by Crippen LogP contribution is 2.36. The second-order valence-corrected chi connectivity index (χ2v) is 9.81. The van der Waals surface area contributed by atoms with E-state index < -0.39 is 0 Å². The molecule has 0 saturated heterocycles. The number of benzene rings is 1. The molecule has 0 fully saturated rings. The van der Waals surface area contributed by atoms with E-state index in [1.807, 2.05) is 37.3 Å². The van der Waals surface area contributed by atoms with Crippen LogP contribution in [0.1, 0.15) is 58.1 Å². The molecule has 190 valence electrons. The van der Waals surface area contributed by atoms with Crippen LogP contribution in [0.5, 0.6) is 11.5 Å². The largest absolute Gasteiger partial charge is 0.493 e. The van der Waals surface area contributed by atoms with Gasteiger partial charge in [-0.05, 0) is 83.6 Å². The van der Waals surface area contributed by atoms with Crippen molar-refractivity contribution in [1.29, 1.82) is 0 Å². The molecule has 0 radical (unpaired) electrons. The normalized spacial score (nSPS) is 12.6. The first-order chi connectivity index (χ1) is 16.2. The van der Waals surface area contributed by atoms with Crippen LogP contribution in [-0.2, 0) is 0 Å². The van der Waals surface area contributed by atoms with E-state index in [4.69, 9.17) is 9.47 Å². The quantitative estimate of drug-likeness (QED) is 0.224. The molecule has 7 nitrogen and oxygen atoms in total. The van der Waals surface area contributed by atoms with Gasteiger partial charge in [-0.2, -0.15) is 0 Å². The topological polar surface area (TPSA) is 66.1 Å². The average molecular weight is 491 g/mol. The maximum Gasteiger partial charge on any atom is 0.261 e. The highest BCUT2D eigenvalue weighted by molar-refractivity contribution is 7.17. The maximum absolute atomic E-state index is 12.6. The van der Waals surface area contributed by atoms with Crippen molar-refractivity contribution in [2.45, 2.75) is 66.8 Å². The minimum absolute atomic E-state index is 0.0468. The van der Waals surface area contributed by atoms with E-state index in [2.05, 4.69) is 62.2 Å². The molecule has 8 heteroatoms. The molecule has 0 bridgehead atoms. The monoisotopic (exact) mass is 490 g/mol. The first-order valence-corrected chi connectivity index (χ1v) is 13.0. The van der Waals surface area contributed by atoms with E-state index in [0.717, 1.165) is 23.5 Å². The van der Waals surface area contributed by atoms with Gasteiger partial charge in [-0.1, -0.05) is 13.8 Å². The molecular weight excluding hydrogens is 448 g/mol. The Morgan fingerprint density at radius 2 is 1.65 bits per heavy atom. The lowest BCUT2D eigenvalue weighted by molar-refractivity contribution is 0.0458. The van der Waals surface area contributed by atoms with Crippen LogP contribution in [0.25, 0.3) is 10.4 Å². The highest BCUT2D eigenvalue weighted by atomic mass is 32.1. The molecular formula is C26H42N4O3S. The summed E-state index contributed by atoms with van der Waals surface area (Å²) in [4.78, 5) is 16.6. The van der Waals surface area contributed by atoms with Crippen molar-refractivity contribution in [2.24, 2.45) is 0 Å². The first-order valence-electron chi connectivity index (χ1n) is 12.2. The summed E-state index contributed by atoms with van der Waals surface area (Å²) in [5.41, 5.74) is 4.39. The van der Waals surface area contributed by atoms with Gasteiger partial charge in [0.25, 0.3) is 5.91 Å². The lowest BCUT2D eigenvalue weighted by Gasteiger charge is -2.31. The summed E-state index contributed by atoms with van der Waals surface area (Å²) >= 11 is 1.47. The number of nitrogens with one attached hydrogen (secondary N) is 2. The number of carbonyl (C=O) groups is 1. The van der Waals surface area contributed by atoms with Gasteiger partial charge in [0.1, 0.15) is 6.23 Å². The van der Waals surface area contributed by atoms with Gasteiger partial charge in [-0.3, -0.25) is 15.1 Å². The molecule has 0 aliphatic heterocycles. The standard InChI is InChI=1S/C26H42N4O3S/c1-9-29(10-2)20(7)33-22-12-11-21(17-23(22)32-8)24-13-14-25(34-24)26(31)27-15-16-28-30(18(3)4)19(5)6/h11-14,17-20,28H,9-10,15-16H2,1-8H3,(H,27,31). The molecule has 2 rings (SSSR count). The van der Waals surface area contributed by atoms with Crippen molar-refractivity contribution in [2.75, 3.05) is 33.3 Å². The summed E-state index contributed by atoms with van der Waals surface area (Å²) in [6.45, 7) is 18.0. The van der Waals surface area contributed by atoms with Gasteiger partial charge in [0.05, 0.1) is 12.0 Å². The number of carbonyl (C=O) groups excluding carboxylic acids is 1. The summed E-state index contributed by atoms with van der Waals surface area (Å²) in [6.07, 6.45) is -0.0468. The average Bonchev–Trinajstić information content (AvgIpc) is 3.29. The Morgan fingerprint density at radius 1 is 0.971 bits per heavy atom. The zero-order chi connectivity index (χ0) is 25.3. The lowest BCUT2D eigenvalue weighted by atomic mass is 10.1. The highest BCUT2D eigenvalue weighted by Gasteiger charge is 2.17. The van der Waals surface area contributed by atoms with Gasteiger partial charge < -0.3 is 14.8 Å². The fourth-order valence-electron chi connectivity index (χ4n) is 3.94. The summed E-state index contributed by atoms with van der Waals surface area (Å²) in [5.74, 6) is 1.34. The van der Waals surface area contributed by atoms with Crippen LogP contribution in [0.15, 0.2) is 30.3 Å². The molecule has 34 heavy (non-hydrogen) atoms. The number of ether oxygens (including phenoxy) is 2. The molecule has 2 aromatic rings. The first kappa shape index (κ1) is 28.1. The molecule has 1 aromatic carbocycles. The van der Waals surface area contributed by atoms with E-state index in [9.17, 15) is 4.79 Å². The molecule has 0 spiro atoms. The van der Waals surface area contributed by atoms with Crippen LogP contribution in [0.4, 0.5) is 0 Å². The molecule has 1 amide bonds. The summed E-state index contributed by atoms with van der Waals surface area (Å²) in [5, 5.41) is 5.20. The third-order valence-corrected chi connectivity index (χ3v) is 6.85. The summed E-state index contributed by atoms with van der Waals surface area (Å²) < 4.78 is 11.7. The number of thiophene rings is 1. The third kappa shape index (κ3) is 7.70. The zero-order valence-corrected chi connectivity index (χ0v) is 22.8. The molecule has 0 saturated carbocycles. The molecule has 0 aliphatic rings. The second-order valence-electron chi connectivity index (χ2n) is 8.73. The van der Waals surface area contributed by atoms with Crippen LogP contribution < -0.4 is 20.2 Å². The van der Waals surface area contributed by atoms with Crippen LogP contribution >= 0.6 is 11.3 Å². The predicted molar refractivity (Wildman–Crippen MR) is 142 cm³/mol. The molecule has 1 unspecified atom stereocenters. The fraction of sp³-hybridized carbons (Fsp3) is 0.577. The Kier molecular flexibility index (Phi) is 11.3. The smallest absolute Gasteiger partial charge is 0.261 e. The van der Waals surface area contributed by atoms with E-state index in [1.54, 1.807) is 7.11 Å². The number of methoxy groups -OCH3 is 1. The minimum atomic E-state index is -0.0568. The number of hydrogen-bond donors (Lipinski definition) is 2. The van der Waals surface area contributed by atoms with Crippen molar-refractivity contribution in [3.05, 3.63) is 35.2 Å². The molecule has 1 atom stereocenters. The van der Waals surface area contributed by atoms with Crippen molar-refractivity contribution < 1.29 is 14.3 Å². The zero-order valence-electron chi connectivity index (χ0n) is 22.0. The number of nitrogens with zero attached hydrogens (tertiary/aromatic N) is 2. The Bertz CT molecular complexity index is 888. The van der Waals surface area contributed by atoms with Gasteiger partial charge in [0.15, 0.2) is 11.5 Å². The van der Waals surface area contributed by atoms with E-state index in [0.29, 0.717) is 41.5 Å². The van der Waals surface area contributed by atoms with Gasteiger partial charge in [-0.25, -0.2) is 5.01 Å². The van der Waals surface area contributed by atoms with Gasteiger partial charge in [0.2, 0.25) is 0 Å². The Hall–Kier alpha value is -2.13. The van der Waals surface area contributed by atoms with E-state index in [-0.39, 0.29) is 12.1 Å². The van der Waals surface area contributed by atoms with E-state index in [1.165, 1.54) is 11.3 Å². The van der Waals surface area contributed by atoms with Gasteiger partial charge in [0, 0.05) is 30.1 Å². The van der Waals surface area contributed by atoms with Crippen molar-refractivity contribution in [3.8, 4) is 21.9 Å². The lowest BCUT2D eigenvalue weighted by Crippen LogP contribution is -2.49. The molecule has 0 aliphatic carbocycles. The Balaban J connectivity index is 2.00. The predicted octanol–water partition coefficient (Wildman–Crippen LogP) is 4.84. The van der Waals surface area contributed by atoms with Crippen LogP contribution in [0, 0.1) is 0 Å². The number of hydrazine groups is 1. The number of amides is 1. The Morgan fingerprint density at radius 3 is 2.24 bits per heavy atom. The van der Waals surface area contributed by atoms with Crippen LogP contribution in [0.3, 0.4) is 0 Å². The summed E-state index contributed by atoms with van der Waals surface area (Å²) in [7, 11) is 1.65. The molecule has 1 aromatic heterocycles. The number of hydrogen-bond acceptors (Lipinski definition) is 7. The Labute approximate surface area is 209 Å². The van der Waals surface area contributed by atoms with E-state index >= 15 is 0 Å². The maximum atomic E-state index is 12.6. The van der Waals surface area contributed by atoms with Crippen molar-refractivity contribution in [3.63, 3.8) is 0 Å². The van der Waals surface area contributed by atoms with Crippen LogP contribution in [-0.4, -0.2) is 67.4 Å². The van der Waals surface area contributed by atoms with Gasteiger partial charge >= 0.3 is 0 Å². The molecule has 1 heterocycles. The molecule has 2 N–H and O–H groups in total. The van der Waals surface area contributed by atoms with Crippen LogP contribution in [0.2, 0.25) is 0 Å². The summed E-state index contributed by atoms with van der Waals surface area (Å²) in [6, 6.07) is 10.6. The third-order valence-electron chi connectivity index (χ3n) is 5.72.